The zero-order chi connectivity index (χ0) is 13.7. The lowest BCUT2D eigenvalue weighted by Gasteiger charge is -2.19. The number of nitrogens with zero attached hydrogens (tertiary/aromatic N) is 1. The van der Waals surface area contributed by atoms with E-state index in [0.717, 1.165) is 11.3 Å². The Labute approximate surface area is 107 Å². The van der Waals surface area contributed by atoms with Gasteiger partial charge in [0.25, 0.3) is 0 Å². The fraction of sp³-hybridized carbons (Fsp3) is 0.300. The van der Waals surface area contributed by atoms with E-state index in [-0.39, 0.29) is 17.1 Å². The highest BCUT2D eigenvalue weighted by Gasteiger charge is 2.18. The van der Waals surface area contributed by atoms with Gasteiger partial charge in [0.05, 0.1) is 5.56 Å². The lowest BCUT2D eigenvalue weighted by Crippen LogP contribution is -2.40. The van der Waals surface area contributed by atoms with Crippen molar-refractivity contribution in [3.8, 4) is 0 Å². The average molecular weight is 271 g/mol. The molecule has 0 saturated carbocycles. The van der Waals surface area contributed by atoms with Gasteiger partial charge in [0, 0.05) is 6.54 Å². The Morgan fingerprint density at radius 1 is 1.50 bits per heavy atom. The number of amides is 3. The minimum absolute atomic E-state index is 0.0171. The Morgan fingerprint density at radius 3 is 2.67 bits per heavy atom. The average Bonchev–Trinajstić information content (AvgIpc) is 2.73. The van der Waals surface area contributed by atoms with Gasteiger partial charge in [-0.25, -0.2) is 9.59 Å². The van der Waals surface area contributed by atoms with Crippen LogP contribution in [0.25, 0.3) is 0 Å². The molecule has 1 heterocycles. The summed E-state index contributed by atoms with van der Waals surface area (Å²) < 4.78 is 0. The van der Waals surface area contributed by atoms with Crippen molar-refractivity contribution in [1.82, 2.24) is 4.90 Å². The molecule has 0 aromatic carbocycles. The van der Waals surface area contributed by atoms with Gasteiger partial charge in [0.15, 0.2) is 0 Å². The van der Waals surface area contributed by atoms with Crippen LogP contribution < -0.4 is 11.1 Å². The Balaban J connectivity index is 2.76. The molecule has 0 bridgehead atoms. The second-order valence-corrected chi connectivity index (χ2v) is 4.30. The van der Waals surface area contributed by atoms with Crippen molar-refractivity contribution in [2.45, 2.75) is 6.92 Å². The van der Waals surface area contributed by atoms with Crippen LogP contribution in [0.2, 0.25) is 0 Å². The lowest BCUT2D eigenvalue weighted by molar-refractivity contribution is -0.118. The van der Waals surface area contributed by atoms with Crippen LogP contribution in [0.1, 0.15) is 17.3 Å². The maximum atomic E-state index is 11.8. The molecule has 0 aliphatic heterocycles. The standard InChI is InChI=1S/C10H13N3O4S/c1-2-13(5-7(11)14)10(17)12-8-6(9(15)16)3-4-18-8/h3-4H,2,5H2,1H3,(H2,11,14)(H,12,17)(H,15,16). The third-order valence-corrected chi connectivity index (χ3v) is 2.96. The van der Waals surface area contributed by atoms with E-state index in [4.69, 9.17) is 10.8 Å². The molecule has 8 heteroatoms. The van der Waals surface area contributed by atoms with Crippen molar-refractivity contribution >= 4 is 34.2 Å². The number of nitrogens with two attached hydrogens (primary N) is 1. The highest BCUT2D eigenvalue weighted by molar-refractivity contribution is 7.14. The predicted molar refractivity (Wildman–Crippen MR) is 66.7 cm³/mol. The lowest BCUT2D eigenvalue weighted by atomic mass is 10.3. The summed E-state index contributed by atoms with van der Waals surface area (Å²) in [6.45, 7) is 1.77. The quantitative estimate of drug-likeness (QED) is 0.734. The second-order valence-electron chi connectivity index (χ2n) is 3.38. The number of anilines is 1. The van der Waals surface area contributed by atoms with E-state index in [1.54, 1.807) is 12.3 Å². The number of hydrogen-bond donors (Lipinski definition) is 3. The molecular formula is C10H13N3O4S. The van der Waals surface area contributed by atoms with Gasteiger partial charge in [-0.1, -0.05) is 0 Å². The molecule has 0 saturated heterocycles. The number of carboxylic acid groups (broad SMARTS) is 1. The van der Waals surface area contributed by atoms with E-state index < -0.39 is 17.9 Å². The van der Waals surface area contributed by atoms with Crippen molar-refractivity contribution in [3.63, 3.8) is 0 Å². The monoisotopic (exact) mass is 271 g/mol. The molecule has 7 nitrogen and oxygen atoms in total. The molecule has 0 fully saturated rings. The predicted octanol–water partition coefficient (Wildman–Crippen LogP) is 0.785. The van der Waals surface area contributed by atoms with Crippen molar-refractivity contribution < 1.29 is 19.5 Å². The molecule has 98 valence electrons. The summed E-state index contributed by atoms with van der Waals surface area (Å²) in [7, 11) is 0. The minimum Gasteiger partial charge on any atom is -0.478 e. The summed E-state index contributed by atoms with van der Waals surface area (Å²) in [5.74, 6) is -1.75. The topological polar surface area (TPSA) is 113 Å². The van der Waals surface area contributed by atoms with Crippen LogP contribution in [0.15, 0.2) is 11.4 Å². The molecule has 18 heavy (non-hydrogen) atoms. The van der Waals surface area contributed by atoms with Crippen molar-refractivity contribution in [3.05, 3.63) is 17.0 Å². The number of urea groups is 1. The smallest absolute Gasteiger partial charge is 0.338 e. The molecule has 0 radical (unpaired) electrons. The molecule has 1 aromatic heterocycles. The normalized spacial score (nSPS) is 9.83. The molecule has 0 aliphatic carbocycles. The Hall–Kier alpha value is -2.09. The summed E-state index contributed by atoms with van der Waals surface area (Å²) in [6.07, 6.45) is 0. The first-order valence-electron chi connectivity index (χ1n) is 5.10. The van der Waals surface area contributed by atoms with Crippen LogP contribution >= 0.6 is 11.3 Å². The molecule has 0 atom stereocenters. The number of carbonyl (C=O) groups is 3. The number of carboxylic acids is 1. The van der Waals surface area contributed by atoms with E-state index in [2.05, 4.69) is 5.32 Å². The Bertz CT molecular complexity index is 471. The molecular weight excluding hydrogens is 258 g/mol. The largest absolute Gasteiger partial charge is 0.478 e. The van der Waals surface area contributed by atoms with Gasteiger partial charge >= 0.3 is 12.0 Å². The summed E-state index contributed by atoms with van der Waals surface area (Å²) in [5, 5.41) is 13.1. The molecule has 3 amide bonds. The van der Waals surface area contributed by atoms with Gasteiger partial charge in [-0.3, -0.25) is 10.1 Å². The maximum Gasteiger partial charge on any atom is 0.338 e. The van der Waals surface area contributed by atoms with Crippen LogP contribution in [0.5, 0.6) is 0 Å². The minimum atomic E-state index is -1.12. The summed E-state index contributed by atoms with van der Waals surface area (Å²) in [6, 6.07) is 0.841. The Kier molecular flexibility index (Phi) is 4.67. The van der Waals surface area contributed by atoms with E-state index in [9.17, 15) is 14.4 Å². The molecule has 0 spiro atoms. The molecule has 1 rings (SSSR count). The van der Waals surface area contributed by atoms with Crippen molar-refractivity contribution in [1.29, 1.82) is 0 Å². The van der Waals surface area contributed by atoms with Gasteiger partial charge in [-0.05, 0) is 18.4 Å². The van der Waals surface area contributed by atoms with Gasteiger partial charge in [-0.2, -0.15) is 0 Å². The van der Waals surface area contributed by atoms with Crippen LogP contribution in [0.3, 0.4) is 0 Å². The number of aromatic carboxylic acids is 1. The van der Waals surface area contributed by atoms with Crippen LogP contribution in [-0.2, 0) is 4.79 Å². The third-order valence-electron chi connectivity index (χ3n) is 2.13. The fourth-order valence-corrected chi connectivity index (χ4v) is 2.03. The molecule has 0 unspecified atom stereocenters. The van der Waals surface area contributed by atoms with Crippen LogP contribution in [0.4, 0.5) is 9.80 Å². The van der Waals surface area contributed by atoms with Crippen LogP contribution in [-0.4, -0.2) is 41.0 Å². The zero-order valence-electron chi connectivity index (χ0n) is 9.67. The van der Waals surface area contributed by atoms with Crippen molar-refractivity contribution in [2.75, 3.05) is 18.4 Å². The highest BCUT2D eigenvalue weighted by Crippen LogP contribution is 2.23. The summed E-state index contributed by atoms with van der Waals surface area (Å²) >= 11 is 1.10. The molecule has 4 N–H and O–H groups in total. The van der Waals surface area contributed by atoms with Crippen molar-refractivity contribution in [2.24, 2.45) is 5.73 Å². The Morgan fingerprint density at radius 2 is 2.17 bits per heavy atom. The number of carbonyl (C=O) groups excluding carboxylic acids is 2. The number of nitrogens with one attached hydrogen (secondary N) is 1. The third kappa shape index (κ3) is 3.45. The SMILES string of the molecule is CCN(CC(N)=O)C(=O)Nc1sccc1C(=O)O. The zero-order valence-corrected chi connectivity index (χ0v) is 10.5. The van der Waals surface area contributed by atoms with Gasteiger partial charge < -0.3 is 15.7 Å². The fourth-order valence-electron chi connectivity index (χ4n) is 1.27. The van der Waals surface area contributed by atoms with Gasteiger partial charge in [-0.15, -0.1) is 11.3 Å². The van der Waals surface area contributed by atoms with Gasteiger partial charge in [0.2, 0.25) is 5.91 Å². The number of thiophene rings is 1. The summed E-state index contributed by atoms with van der Waals surface area (Å²) in [4.78, 5) is 34.6. The van der Waals surface area contributed by atoms with Gasteiger partial charge in [0.1, 0.15) is 11.5 Å². The first-order chi connectivity index (χ1) is 8.45. The van der Waals surface area contributed by atoms with E-state index >= 15 is 0 Å². The maximum absolute atomic E-state index is 11.8. The number of hydrogen-bond acceptors (Lipinski definition) is 4. The van der Waals surface area contributed by atoms with E-state index in [0.29, 0.717) is 6.54 Å². The second kappa shape index (κ2) is 6.01. The van der Waals surface area contributed by atoms with E-state index in [1.165, 1.54) is 11.0 Å². The van der Waals surface area contributed by atoms with Crippen LogP contribution in [0, 0.1) is 0 Å². The number of rotatable bonds is 5. The highest BCUT2D eigenvalue weighted by atomic mass is 32.1. The number of likely N-dealkylation sites (N-methyl/N-ethyl adjacent to an activating group) is 1. The van der Waals surface area contributed by atoms with E-state index in [1.807, 2.05) is 0 Å². The number of primary amides is 1. The molecule has 1 aromatic rings. The first-order valence-corrected chi connectivity index (χ1v) is 5.98. The summed E-state index contributed by atoms with van der Waals surface area (Å²) in [5.41, 5.74) is 5.02. The molecule has 0 aliphatic rings. The first kappa shape index (κ1) is 14.0.